The van der Waals surface area contributed by atoms with Crippen LogP contribution >= 0.6 is 0 Å². The zero-order valence-corrected chi connectivity index (χ0v) is 24.7. The maximum atomic E-state index is 9.30. The van der Waals surface area contributed by atoms with Crippen LogP contribution < -0.4 is 5.19 Å². The third kappa shape index (κ3) is 7.35. The zero-order chi connectivity index (χ0) is 24.4. The molecule has 2 aromatic carbocycles. The van der Waals surface area contributed by atoms with E-state index in [9.17, 15) is 5.26 Å². The predicted molar refractivity (Wildman–Crippen MR) is 140 cm³/mol. The van der Waals surface area contributed by atoms with E-state index in [4.69, 9.17) is 17.6 Å². The summed E-state index contributed by atoms with van der Waals surface area (Å²) in [5, 5.41) is 19.6. The van der Waals surface area contributed by atoms with Crippen molar-refractivity contribution in [1.82, 2.24) is 0 Å². The minimum Gasteiger partial charge on any atom is -0.437 e. The zero-order valence-electron chi connectivity index (χ0n) is 20.7. The first-order valence-corrected chi connectivity index (χ1v) is 22.7. The Bertz CT molecular complexity index is 1050. The van der Waals surface area contributed by atoms with Gasteiger partial charge in [0.05, 0.1) is 11.1 Å². The van der Waals surface area contributed by atoms with Gasteiger partial charge in [-0.15, -0.1) is 0 Å². The summed E-state index contributed by atoms with van der Waals surface area (Å²) in [6.07, 6.45) is 0. The van der Waals surface area contributed by atoms with Crippen LogP contribution in [0.2, 0.25) is 58.9 Å². The molecule has 0 radical (unpaired) electrons. The summed E-state index contributed by atoms with van der Waals surface area (Å²) >= 11 is 0. The maximum Gasteiger partial charge on any atom is 0.312 e. The second-order valence-electron chi connectivity index (χ2n) is 10.3. The summed E-state index contributed by atoms with van der Waals surface area (Å²) in [7, 11) is -8.58. The van der Waals surface area contributed by atoms with Gasteiger partial charge in [-0.2, -0.15) is 10.5 Å². The van der Waals surface area contributed by atoms with Crippen LogP contribution in [0, 0.1) is 22.7 Å². The Morgan fingerprint density at radius 2 is 1.09 bits per heavy atom. The summed E-state index contributed by atoms with van der Waals surface area (Å²) < 4.78 is 19.6. The number of benzene rings is 2. The molecule has 0 saturated heterocycles. The molecule has 0 spiro atoms. The van der Waals surface area contributed by atoms with Gasteiger partial charge in [0.1, 0.15) is 12.1 Å². The number of hydrogen-bond acceptors (Lipinski definition) is 5. The van der Waals surface area contributed by atoms with Crippen molar-refractivity contribution in [3.05, 3.63) is 53.6 Å². The van der Waals surface area contributed by atoms with Crippen LogP contribution in [0.1, 0.15) is 11.1 Å². The largest absolute Gasteiger partial charge is 0.437 e. The van der Waals surface area contributed by atoms with Crippen LogP contribution in [0.4, 0.5) is 0 Å². The maximum absolute atomic E-state index is 9.30. The van der Waals surface area contributed by atoms with Crippen molar-refractivity contribution in [2.24, 2.45) is 0 Å². The lowest BCUT2D eigenvalue weighted by atomic mass is 10.0. The van der Waals surface area contributed by atoms with Gasteiger partial charge >= 0.3 is 17.1 Å². The third-order valence-corrected chi connectivity index (χ3v) is 18.8. The van der Waals surface area contributed by atoms with E-state index in [1.54, 1.807) is 12.1 Å². The fourth-order valence-corrected chi connectivity index (χ4v) is 22.1. The Hall–Kier alpha value is -1.83. The number of rotatable bonds is 8. The summed E-state index contributed by atoms with van der Waals surface area (Å²) in [4.78, 5) is 0. The van der Waals surface area contributed by atoms with Crippen LogP contribution in [-0.2, 0) is 12.3 Å². The van der Waals surface area contributed by atoms with Gasteiger partial charge in [-0.1, -0.05) is 30.3 Å². The van der Waals surface area contributed by atoms with Gasteiger partial charge < -0.3 is 12.3 Å². The first-order chi connectivity index (χ1) is 14.6. The van der Waals surface area contributed by atoms with Crippen molar-refractivity contribution in [2.75, 3.05) is 0 Å². The fourth-order valence-electron chi connectivity index (χ4n) is 4.02. The molecule has 170 valence electrons. The van der Waals surface area contributed by atoms with Gasteiger partial charge in [-0.05, 0) is 87.4 Å². The van der Waals surface area contributed by atoms with E-state index < -0.39 is 33.8 Å². The average molecular weight is 499 g/mol. The van der Waals surface area contributed by atoms with Gasteiger partial charge in [0, 0.05) is 0 Å². The lowest BCUT2D eigenvalue weighted by Gasteiger charge is -2.40. The van der Waals surface area contributed by atoms with Crippen molar-refractivity contribution in [2.45, 2.75) is 58.9 Å². The van der Waals surface area contributed by atoms with Gasteiger partial charge in [0.25, 0.3) is 0 Å². The smallest absolute Gasteiger partial charge is 0.312 e. The molecular weight excluding hydrogens is 465 g/mol. The molecule has 0 N–H and O–H groups in total. The lowest BCUT2D eigenvalue weighted by Crippen LogP contribution is -2.58. The summed E-state index contributed by atoms with van der Waals surface area (Å²) in [5.74, 6) is 0. The predicted octanol–water partition coefficient (Wildman–Crippen LogP) is 5.80. The van der Waals surface area contributed by atoms with Crippen molar-refractivity contribution in [3.63, 3.8) is 0 Å². The Balaban J connectivity index is 2.21. The van der Waals surface area contributed by atoms with E-state index >= 15 is 0 Å². The number of nitriles is 2. The van der Waals surface area contributed by atoms with Crippen LogP contribution in [0.5, 0.6) is 0 Å². The van der Waals surface area contributed by atoms with Crippen molar-refractivity contribution >= 4 is 38.9 Å². The molecule has 0 aliphatic heterocycles. The average Bonchev–Trinajstić information content (AvgIpc) is 2.63. The second-order valence-corrected chi connectivity index (χ2v) is 26.2. The Kier molecular flexibility index (Phi) is 7.90. The highest BCUT2D eigenvalue weighted by Gasteiger charge is 2.43. The lowest BCUT2D eigenvalue weighted by molar-refractivity contribution is 0.332. The molecule has 0 atom stereocenters. The number of hydrogen-bond donors (Lipinski definition) is 0. The molecule has 9 heteroatoms. The molecule has 0 saturated carbocycles. The van der Waals surface area contributed by atoms with E-state index in [0.717, 1.165) is 11.1 Å². The highest BCUT2D eigenvalue weighted by Crippen LogP contribution is 2.25. The fraction of sp³-hybridized carbons (Fsp3) is 0.391. The van der Waals surface area contributed by atoms with Crippen LogP contribution in [-0.4, -0.2) is 33.8 Å². The molecule has 0 fully saturated rings. The molecular formula is C23H34N2O3Si4. The molecule has 32 heavy (non-hydrogen) atoms. The summed E-state index contributed by atoms with van der Waals surface area (Å²) in [5.41, 5.74) is 2.71. The summed E-state index contributed by atoms with van der Waals surface area (Å²) in [6.45, 7) is 19.4. The number of nitrogens with zero attached hydrogens (tertiary/aromatic N) is 2. The molecule has 0 heterocycles. The van der Waals surface area contributed by atoms with E-state index in [2.05, 4.69) is 95.3 Å². The van der Waals surface area contributed by atoms with Crippen LogP contribution in [0.3, 0.4) is 0 Å². The molecule has 2 rings (SSSR count). The molecule has 0 aliphatic carbocycles. The van der Waals surface area contributed by atoms with E-state index in [-0.39, 0.29) is 0 Å². The first kappa shape index (κ1) is 26.4. The van der Waals surface area contributed by atoms with Gasteiger partial charge in [-0.3, -0.25) is 0 Å². The summed E-state index contributed by atoms with van der Waals surface area (Å²) in [6, 6.07) is 17.8. The SMILES string of the molecule is C[Si](C)(C)O[Si](C)(C)O[Si](C)(C)O[Si](C)(C)c1ccc(-c2ccc(C#N)c(C#N)c2)cc1. The standard InChI is InChI=1S/C23H34N2O3Si4/c1-29(2,3)26-31(6,7)28-32(8,9)27-30(4,5)23-14-12-19(13-15-23)20-10-11-21(17-24)22(16-20)18-25/h10-16H,1-9H3. The molecule has 5 nitrogen and oxygen atoms in total. The minimum atomic E-state index is -2.40. The highest BCUT2D eigenvalue weighted by atomic mass is 28.5. The third-order valence-electron chi connectivity index (χ3n) is 4.72. The highest BCUT2D eigenvalue weighted by molar-refractivity contribution is 6.93. The van der Waals surface area contributed by atoms with Gasteiger partial charge in [0.15, 0.2) is 8.32 Å². The van der Waals surface area contributed by atoms with Gasteiger partial charge in [-0.25, -0.2) is 0 Å². The first-order valence-electron chi connectivity index (χ1n) is 10.7. The van der Waals surface area contributed by atoms with Crippen LogP contribution in [0.25, 0.3) is 11.1 Å². The minimum absolute atomic E-state index is 0.393. The Labute approximate surface area is 197 Å². The van der Waals surface area contributed by atoms with E-state index in [1.807, 2.05) is 6.07 Å². The molecule has 0 aromatic heterocycles. The van der Waals surface area contributed by atoms with Crippen LogP contribution in [0.15, 0.2) is 42.5 Å². The molecule has 0 aliphatic rings. The van der Waals surface area contributed by atoms with Crippen molar-refractivity contribution < 1.29 is 12.3 Å². The van der Waals surface area contributed by atoms with Gasteiger partial charge in [0.2, 0.25) is 8.32 Å². The quantitative estimate of drug-likeness (QED) is 0.430. The molecule has 0 unspecified atom stereocenters. The Morgan fingerprint density at radius 3 is 1.59 bits per heavy atom. The second kappa shape index (κ2) is 9.57. The monoisotopic (exact) mass is 498 g/mol. The van der Waals surface area contributed by atoms with Crippen molar-refractivity contribution in [1.29, 1.82) is 10.5 Å². The molecule has 0 amide bonds. The molecule has 0 bridgehead atoms. The normalized spacial score (nSPS) is 12.8. The Morgan fingerprint density at radius 1 is 0.594 bits per heavy atom. The topological polar surface area (TPSA) is 75.3 Å². The van der Waals surface area contributed by atoms with E-state index in [0.29, 0.717) is 11.1 Å². The molecule has 2 aromatic rings. The van der Waals surface area contributed by atoms with E-state index in [1.165, 1.54) is 5.19 Å². The van der Waals surface area contributed by atoms with Crippen molar-refractivity contribution in [3.8, 4) is 23.3 Å².